The molecule has 0 spiro atoms. The van der Waals surface area contributed by atoms with Crippen LogP contribution < -0.4 is 0 Å². The highest BCUT2D eigenvalue weighted by molar-refractivity contribution is 7.99. The fourth-order valence-corrected chi connectivity index (χ4v) is 2.84. The second-order valence-corrected chi connectivity index (χ2v) is 8.14. The molecule has 0 bridgehead atoms. The number of rotatable bonds is 8. The van der Waals surface area contributed by atoms with Crippen molar-refractivity contribution in [1.82, 2.24) is 0 Å². The number of benzene rings is 1. The zero-order chi connectivity index (χ0) is 18.4. The number of thioether (sulfide) groups is 2. The van der Waals surface area contributed by atoms with Gasteiger partial charge in [-0.2, -0.15) is 23.5 Å². The van der Waals surface area contributed by atoms with Crippen molar-refractivity contribution in [2.45, 2.75) is 38.9 Å². The molecule has 0 heterocycles. The van der Waals surface area contributed by atoms with Gasteiger partial charge in [0.25, 0.3) is 0 Å². The van der Waals surface area contributed by atoms with Crippen molar-refractivity contribution < 1.29 is 19.1 Å². The summed E-state index contributed by atoms with van der Waals surface area (Å²) in [7, 11) is 0. The van der Waals surface area contributed by atoms with Crippen LogP contribution in [0.5, 0.6) is 0 Å². The molecule has 0 unspecified atom stereocenters. The first-order chi connectivity index (χ1) is 11.1. The average molecular weight is 371 g/mol. The molecule has 1 rings (SSSR count). The van der Waals surface area contributed by atoms with Crippen LogP contribution in [-0.4, -0.2) is 36.0 Å². The van der Waals surface area contributed by atoms with Gasteiger partial charge in [-0.3, -0.25) is 9.59 Å². The fourth-order valence-electron chi connectivity index (χ4n) is 2.25. The summed E-state index contributed by atoms with van der Waals surface area (Å²) >= 11 is 2.87. The molecule has 0 fully saturated rings. The maximum absolute atomic E-state index is 11.7. The van der Waals surface area contributed by atoms with Gasteiger partial charge < -0.3 is 9.47 Å². The van der Waals surface area contributed by atoms with Gasteiger partial charge in [-0.1, -0.05) is 24.3 Å². The summed E-state index contributed by atoms with van der Waals surface area (Å²) in [6.07, 6.45) is 3.73. The summed E-state index contributed by atoms with van der Waals surface area (Å²) < 4.78 is 11.1. The second-order valence-electron chi connectivity index (χ2n) is 6.41. The maximum atomic E-state index is 11.7. The monoisotopic (exact) mass is 370 g/mol. The van der Waals surface area contributed by atoms with Gasteiger partial charge in [0.05, 0.1) is 11.5 Å². The third kappa shape index (κ3) is 6.06. The molecule has 1 aromatic rings. The number of ether oxygens (including phenoxy) is 2. The number of hydrogen-bond acceptors (Lipinski definition) is 6. The molecule has 0 radical (unpaired) electrons. The van der Waals surface area contributed by atoms with E-state index in [0.29, 0.717) is 11.5 Å². The van der Waals surface area contributed by atoms with Crippen molar-refractivity contribution in [1.29, 1.82) is 0 Å². The second kappa shape index (κ2) is 8.81. The minimum Gasteiger partial charge on any atom is -0.454 e. The molecule has 6 heteroatoms. The summed E-state index contributed by atoms with van der Waals surface area (Å²) in [6, 6.07) is 7.63. The topological polar surface area (TPSA) is 52.6 Å². The summed E-state index contributed by atoms with van der Waals surface area (Å²) in [5.41, 5.74) is 0.384. The zero-order valence-corrected chi connectivity index (χ0v) is 16.8. The first kappa shape index (κ1) is 20.9. The van der Waals surface area contributed by atoms with Crippen LogP contribution in [0, 0.1) is 0 Å². The highest BCUT2D eigenvalue weighted by atomic mass is 32.2. The third-order valence-corrected chi connectivity index (χ3v) is 4.59. The largest absolute Gasteiger partial charge is 0.454 e. The van der Waals surface area contributed by atoms with Crippen molar-refractivity contribution in [3.8, 4) is 0 Å². The third-order valence-electron chi connectivity index (χ3n) is 3.54. The van der Waals surface area contributed by atoms with E-state index in [4.69, 9.17) is 9.47 Å². The first-order valence-electron chi connectivity index (χ1n) is 7.65. The van der Waals surface area contributed by atoms with E-state index in [9.17, 15) is 9.59 Å². The van der Waals surface area contributed by atoms with Crippen molar-refractivity contribution in [2.24, 2.45) is 0 Å². The molecule has 0 aliphatic heterocycles. The predicted molar refractivity (Wildman–Crippen MR) is 101 cm³/mol. The minimum absolute atomic E-state index is 0.233. The van der Waals surface area contributed by atoms with Crippen LogP contribution in [0.2, 0.25) is 0 Å². The van der Waals surface area contributed by atoms with Crippen LogP contribution in [0.1, 0.15) is 38.8 Å². The van der Waals surface area contributed by atoms with Crippen molar-refractivity contribution >= 4 is 35.5 Å². The van der Waals surface area contributed by atoms with Crippen LogP contribution in [-0.2, 0) is 30.3 Å². The Morgan fingerprint density at radius 3 is 1.33 bits per heavy atom. The van der Waals surface area contributed by atoms with Gasteiger partial charge in [0, 0.05) is 0 Å². The van der Waals surface area contributed by atoms with Gasteiger partial charge in [-0.05, 0) is 51.3 Å². The highest BCUT2D eigenvalue weighted by Gasteiger charge is 2.28. The lowest BCUT2D eigenvalue weighted by atomic mass is 9.92. The Bertz CT molecular complexity index is 514. The molecule has 0 aliphatic carbocycles. The Morgan fingerprint density at radius 2 is 1.08 bits per heavy atom. The van der Waals surface area contributed by atoms with Crippen molar-refractivity contribution in [3.05, 3.63) is 35.4 Å². The molecule has 0 N–H and O–H groups in total. The number of carbonyl (C=O) groups excluding carboxylic acids is 2. The summed E-state index contributed by atoms with van der Waals surface area (Å²) in [6.45, 7) is 7.46. The van der Waals surface area contributed by atoms with E-state index in [1.807, 2.05) is 64.5 Å². The maximum Gasteiger partial charge on any atom is 0.316 e. The standard InChI is InChI=1S/C18H26O4S2/c1-17(2,21-15(19)11-23-5)13-7-9-14(10-8-13)18(3,4)22-16(20)12-24-6/h7-10H,11-12H2,1-6H3. The van der Waals surface area contributed by atoms with Crippen LogP contribution >= 0.6 is 23.5 Å². The Labute approximate surface area is 153 Å². The number of carbonyl (C=O) groups is 2. The van der Waals surface area contributed by atoms with Crippen LogP contribution in [0.25, 0.3) is 0 Å². The molecule has 4 nitrogen and oxygen atoms in total. The van der Waals surface area contributed by atoms with E-state index >= 15 is 0 Å². The highest BCUT2D eigenvalue weighted by Crippen LogP contribution is 2.30. The van der Waals surface area contributed by atoms with Crippen molar-refractivity contribution in [2.75, 3.05) is 24.0 Å². The van der Waals surface area contributed by atoms with Gasteiger partial charge in [0.2, 0.25) is 0 Å². The summed E-state index contributed by atoms with van der Waals surface area (Å²) in [4.78, 5) is 23.5. The predicted octanol–water partition coefficient (Wildman–Crippen LogP) is 3.97. The molecule has 0 amide bonds. The molecule has 0 aromatic heterocycles. The molecule has 1 aromatic carbocycles. The van der Waals surface area contributed by atoms with E-state index in [1.54, 1.807) is 0 Å². The van der Waals surface area contributed by atoms with E-state index in [1.165, 1.54) is 23.5 Å². The van der Waals surface area contributed by atoms with Gasteiger partial charge in [0.1, 0.15) is 11.2 Å². The van der Waals surface area contributed by atoms with E-state index in [0.717, 1.165) is 11.1 Å². The normalized spacial score (nSPS) is 11.9. The van der Waals surface area contributed by atoms with E-state index < -0.39 is 11.2 Å². The molecule has 0 aliphatic rings. The Balaban J connectivity index is 2.87. The lowest BCUT2D eigenvalue weighted by molar-refractivity contribution is -0.155. The van der Waals surface area contributed by atoms with E-state index in [-0.39, 0.29) is 11.9 Å². The Hall–Kier alpha value is -1.14. The Morgan fingerprint density at radius 1 is 0.792 bits per heavy atom. The molecule has 0 saturated heterocycles. The van der Waals surface area contributed by atoms with Gasteiger partial charge >= 0.3 is 11.9 Å². The number of hydrogen-bond donors (Lipinski definition) is 0. The molecular formula is C18H26O4S2. The summed E-state index contributed by atoms with van der Waals surface area (Å²) in [5.74, 6) is 0.200. The molecular weight excluding hydrogens is 344 g/mol. The van der Waals surface area contributed by atoms with Crippen LogP contribution in [0.4, 0.5) is 0 Å². The molecule has 134 valence electrons. The van der Waals surface area contributed by atoms with Crippen molar-refractivity contribution in [3.63, 3.8) is 0 Å². The quantitative estimate of drug-likeness (QED) is 0.646. The smallest absolute Gasteiger partial charge is 0.316 e. The van der Waals surface area contributed by atoms with Gasteiger partial charge in [-0.15, -0.1) is 0 Å². The minimum atomic E-state index is -0.703. The van der Waals surface area contributed by atoms with Gasteiger partial charge in [-0.25, -0.2) is 0 Å². The lowest BCUT2D eigenvalue weighted by Crippen LogP contribution is -2.28. The Kier molecular flexibility index (Phi) is 7.67. The average Bonchev–Trinajstić information content (AvgIpc) is 2.46. The SMILES string of the molecule is CSCC(=O)OC(C)(C)c1ccc(C(C)(C)OC(=O)CSC)cc1. The summed E-state index contributed by atoms with van der Waals surface area (Å²) in [5, 5.41) is 0. The lowest BCUT2D eigenvalue weighted by Gasteiger charge is -2.28. The zero-order valence-electron chi connectivity index (χ0n) is 15.2. The van der Waals surface area contributed by atoms with Crippen LogP contribution in [0.3, 0.4) is 0 Å². The number of esters is 2. The van der Waals surface area contributed by atoms with Gasteiger partial charge in [0.15, 0.2) is 0 Å². The van der Waals surface area contributed by atoms with Crippen LogP contribution in [0.15, 0.2) is 24.3 Å². The molecule has 0 atom stereocenters. The van der Waals surface area contributed by atoms with E-state index in [2.05, 4.69) is 0 Å². The molecule has 24 heavy (non-hydrogen) atoms. The molecule has 0 saturated carbocycles. The fraction of sp³-hybridized carbons (Fsp3) is 0.556. The first-order valence-corrected chi connectivity index (χ1v) is 10.4.